The SMILES string of the molecule is CCNCCCc1c(C)nc(-c2ccccc2Br)nc1C. The van der Waals surface area contributed by atoms with E-state index in [0.29, 0.717) is 0 Å². The number of hydrogen-bond donors (Lipinski definition) is 1. The Morgan fingerprint density at radius 1 is 1.10 bits per heavy atom. The Bertz CT molecular complexity index is 588. The van der Waals surface area contributed by atoms with E-state index in [1.807, 2.05) is 24.3 Å². The fourth-order valence-electron chi connectivity index (χ4n) is 2.43. The topological polar surface area (TPSA) is 37.8 Å². The molecule has 0 atom stereocenters. The fraction of sp³-hybridized carbons (Fsp3) is 0.412. The Morgan fingerprint density at radius 3 is 2.38 bits per heavy atom. The molecule has 2 aromatic rings. The van der Waals surface area contributed by atoms with Crippen LogP contribution in [0.1, 0.15) is 30.3 Å². The maximum absolute atomic E-state index is 4.70. The number of aromatic nitrogens is 2. The van der Waals surface area contributed by atoms with Gasteiger partial charge in [-0.05, 0) is 51.4 Å². The molecule has 1 aromatic heterocycles. The summed E-state index contributed by atoms with van der Waals surface area (Å²) in [6.07, 6.45) is 2.15. The first-order valence-corrected chi connectivity index (χ1v) is 8.22. The highest BCUT2D eigenvalue weighted by Gasteiger charge is 2.11. The molecule has 1 aromatic carbocycles. The molecule has 0 aliphatic heterocycles. The van der Waals surface area contributed by atoms with Gasteiger partial charge in [0, 0.05) is 21.4 Å². The Kier molecular flexibility index (Phi) is 5.88. The van der Waals surface area contributed by atoms with Crippen LogP contribution in [0.5, 0.6) is 0 Å². The summed E-state index contributed by atoms with van der Waals surface area (Å²) >= 11 is 3.57. The van der Waals surface area contributed by atoms with Gasteiger partial charge in [0.25, 0.3) is 0 Å². The third kappa shape index (κ3) is 4.11. The first kappa shape index (κ1) is 16.1. The van der Waals surface area contributed by atoms with Gasteiger partial charge in [-0.3, -0.25) is 0 Å². The van der Waals surface area contributed by atoms with Gasteiger partial charge in [0.2, 0.25) is 0 Å². The smallest absolute Gasteiger partial charge is 0.160 e. The van der Waals surface area contributed by atoms with Crippen LogP contribution in [0.4, 0.5) is 0 Å². The fourth-order valence-corrected chi connectivity index (χ4v) is 2.89. The van der Waals surface area contributed by atoms with E-state index in [4.69, 9.17) is 9.97 Å². The number of aryl methyl sites for hydroxylation is 2. The third-order valence-corrected chi connectivity index (χ3v) is 4.26. The number of hydrogen-bond acceptors (Lipinski definition) is 3. The maximum atomic E-state index is 4.70. The molecule has 0 fully saturated rings. The van der Waals surface area contributed by atoms with Crippen LogP contribution in [-0.4, -0.2) is 23.1 Å². The number of rotatable bonds is 6. The molecule has 4 heteroatoms. The molecule has 0 bridgehead atoms. The molecule has 3 nitrogen and oxygen atoms in total. The quantitative estimate of drug-likeness (QED) is 0.800. The molecule has 0 saturated carbocycles. The van der Waals surface area contributed by atoms with Gasteiger partial charge < -0.3 is 5.32 Å². The number of benzene rings is 1. The van der Waals surface area contributed by atoms with E-state index in [1.54, 1.807) is 0 Å². The van der Waals surface area contributed by atoms with E-state index in [2.05, 4.69) is 42.0 Å². The lowest BCUT2D eigenvalue weighted by Gasteiger charge is -2.12. The molecule has 0 spiro atoms. The monoisotopic (exact) mass is 347 g/mol. The molecule has 112 valence electrons. The predicted molar refractivity (Wildman–Crippen MR) is 91.5 cm³/mol. The van der Waals surface area contributed by atoms with Gasteiger partial charge in [0.15, 0.2) is 5.82 Å². The lowest BCUT2D eigenvalue weighted by atomic mass is 10.1. The molecule has 0 amide bonds. The number of nitrogens with one attached hydrogen (secondary N) is 1. The Labute approximate surface area is 135 Å². The van der Waals surface area contributed by atoms with Crippen molar-refractivity contribution >= 4 is 15.9 Å². The lowest BCUT2D eigenvalue weighted by Crippen LogP contribution is -2.15. The third-order valence-electron chi connectivity index (χ3n) is 3.57. The average Bonchev–Trinajstić information content (AvgIpc) is 2.46. The minimum absolute atomic E-state index is 0.799. The van der Waals surface area contributed by atoms with Crippen LogP contribution in [0, 0.1) is 13.8 Å². The average molecular weight is 348 g/mol. The van der Waals surface area contributed by atoms with E-state index in [9.17, 15) is 0 Å². The van der Waals surface area contributed by atoms with Crippen LogP contribution >= 0.6 is 15.9 Å². The molecule has 0 saturated heterocycles. The first-order chi connectivity index (χ1) is 10.1. The number of nitrogens with zero attached hydrogens (tertiary/aromatic N) is 2. The van der Waals surface area contributed by atoms with Gasteiger partial charge in [0.05, 0.1) is 0 Å². The van der Waals surface area contributed by atoms with E-state index in [1.165, 1.54) is 5.56 Å². The van der Waals surface area contributed by atoms with Crippen molar-refractivity contribution in [1.82, 2.24) is 15.3 Å². The predicted octanol–water partition coefficient (Wildman–Crippen LogP) is 4.07. The minimum atomic E-state index is 0.799. The van der Waals surface area contributed by atoms with Crippen molar-refractivity contribution in [2.45, 2.75) is 33.6 Å². The van der Waals surface area contributed by atoms with Gasteiger partial charge in [0.1, 0.15) is 0 Å². The molecule has 0 radical (unpaired) electrons. The lowest BCUT2D eigenvalue weighted by molar-refractivity contribution is 0.667. The summed E-state index contributed by atoms with van der Waals surface area (Å²) in [6.45, 7) is 8.36. The van der Waals surface area contributed by atoms with Gasteiger partial charge in [-0.25, -0.2) is 9.97 Å². The largest absolute Gasteiger partial charge is 0.317 e. The molecule has 0 aliphatic carbocycles. The summed E-state index contributed by atoms with van der Waals surface area (Å²) in [5.74, 6) is 0.799. The van der Waals surface area contributed by atoms with Crippen LogP contribution in [0.15, 0.2) is 28.7 Å². The summed E-state index contributed by atoms with van der Waals surface area (Å²) in [4.78, 5) is 9.40. The summed E-state index contributed by atoms with van der Waals surface area (Å²) in [6, 6.07) is 8.08. The van der Waals surface area contributed by atoms with Gasteiger partial charge in [-0.15, -0.1) is 0 Å². The van der Waals surface area contributed by atoms with Crippen molar-refractivity contribution in [2.75, 3.05) is 13.1 Å². The molecule has 1 N–H and O–H groups in total. The number of halogens is 1. The van der Waals surface area contributed by atoms with Crippen molar-refractivity contribution in [3.63, 3.8) is 0 Å². The van der Waals surface area contributed by atoms with Crippen LogP contribution in [0.3, 0.4) is 0 Å². The summed E-state index contributed by atoms with van der Waals surface area (Å²) in [5, 5.41) is 3.36. The van der Waals surface area contributed by atoms with Crippen molar-refractivity contribution in [2.24, 2.45) is 0 Å². The second-order valence-corrected chi connectivity index (χ2v) is 5.99. The van der Waals surface area contributed by atoms with Gasteiger partial charge >= 0.3 is 0 Å². The van der Waals surface area contributed by atoms with E-state index in [0.717, 1.165) is 53.2 Å². The molecule has 1 heterocycles. The zero-order chi connectivity index (χ0) is 15.2. The Hall–Kier alpha value is -1.26. The zero-order valence-corrected chi connectivity index (χ0v) is 14.5. The molecular formula is C17H22BrN3. The summed E-state index contributed by atoms with van der Waals surface area (Å²) in [5.41, 5.74) is 4.50. The zero-order valence-electron chi connectivity index (χ0n) is 12.9. The first-order valence-electron chi connectivity index (χ1n) is 7.43. The van der Waals surface area contributed by atoms with Gasteiger partial charge in [-0.1, -0.05) is 41.1 Å². The second kappa shape index (κ2) is 7.66. The Balaban J connectivity index is 2.23. The second-order valence-electron chi connectivity index (χ2n) is 5.13. The van der Waals surface area contributed by atoms with Crippen molar-refractivity contribution in [3.8, 4) is 11.4 Å². The Morgan fingerprint density at radius 2 is 1.76 bits per heavy atom. The van der Waals surface area contributed by atoms with E-state index >= 15 is 0 Å². The summed E-state index contributed by atoms with van der Waals surface area (Å²) in [7, 11) is 0. The highest BCUT2D eigenvalue weighted by atomic mass is 79.9. The molecule has 2 rings (SSSR count). The standard InChI is InChI=1S/C17H22BrN3/c1-4-19-11-7-9-14-12(2)20-17(21-13(14)3)15-8-5-6-10-16(15)18/h5-6,8,10,19H,4,7,9,11H2,1-3H3. The van der Waals surface area contributed by atoms with Crippen LogP contribution in [-0.2, 0) is 6.42 Å². The van der Waals surface area contributed by atoms with Crippen molar-refractivity contribution < 1.29 is 0 Å². The molecular weight excluding hydrogens is 326 g/mol. The summed E-state index contributed by atoms with van der Waals surface area (Å²) < 4.78 is 1.03. The van der Waals surface area contributed by atoms with Crippen molar-refractivity contribution in [3.05, 3.63) is 45.7 Å². The van der Waals surface area contributed by atoms with Crippen molar-refractivity contribution in [1.29, 1.82) is 0 Å². The maximum Gasteiger partial charge on any atom is 0.160 e. The molecule has 21 heavy (non-hydrogen) atoms. The highest BCUT2D eigenvalue weighted by Crippen LogP contribution is 2.26. The normalized spacial score (nSPS) is 10.9. The van der Waals surface area contributed by atoms with Crippen LogP contribution in [0.2, 0.25) is 0 Å². The van der Waals surface area contributed by atoms with Crippen LogP contribution in [0.25, 0.3) is 11.4 Å². The molecule has 0 unspecified atom stereocenters. The van der Waals surface area contributed by atoms with Gasteiger partial charge in [-0.2, -0.15) is 0 Å². The molecule has 0 aliphatic rings. The minimum Gasteiger partial charge on any atom is -0.317 e. The highest BCUT2D eigenvalue weighted by molar-refractivity contribution is 9.10. The van der Waals surface area contributed by atoms with E-state index in [-0.39, 0.29) is 0 Å². The van der Waals surface area contributed by atoms with Crippen LogP contribution < -0.4 is 5.32 Å². The van der Waals surface area contributed by atoms with E-state index < -0.39 is 0 Å².